The summed E-state index contributed by atoms with van der Waals surface area (Å²) in [6.45, 7) is 5.86. The number of hydrogen-bond donors (Lipinski definition) is 0. The van der Waals surface area contributed by atoms with Gasteiger partial charge in [-0.3, -0.25) is 9.59 Å². The lowest BCUT2D eigenvalue weighted by molar-refractivity contribution is -0.165. The van der Waals surface area contributed by atoms with Crippen molar-refractivity contribution in [1.82, 2.24) is 4.90 Å². The van der Waals surface area contributed by atoms with Crippen molar-refractivity contribution in [3.8, 4) is 0 Å². The average molecular weight is 307 g/mol. The number of carbonyl (C=O) groups excluding carboxylic acids is 2. The fourth-order valence-corrected chi connectivity index (χ4v) is 2.46. The van der Waals surface area contributed by atoms with Crippen LogP contribution in [0.25, 0.3) is 0 Å². The Morgan fingerprint density at radius 1 is 1.09 bits per heavy atom. The molecule has 0 N–H and O–H groups in total. The summed E-state index contributed by atoms with van der Waals surface area (Å²) >= 11 is 0. The molecule has 0 fully saturated rings. The van der Waals surface area contributed by atoms with E-state index in [2.05, 4.69) is 0 Å². The first-order valence-electron chi connectivity index (χ1n) is 7.48. The van der Waals surface area contributed by atoms with Crippen LogP contribution in [0, 0.1) is 12.8 Å². The Morgan fingerprint density at radius 3 is 2.05 bits per heavy atom. The number of rotatable bonds is 7. The van der Waals surface area contributed by atoms with E-state index in [9.17, 15) is 9.59 Å². The van der Waals surface area contributed by atoms with Crippen LogP contribution < -0.4 is 0 Å². The van der Waals surface area contributed by atoms with Gasteiger partial charge in [-0.1, -0.05) is 29.8 Å². The molecule has 1 rings (SSSR count). The van der Waals surface area contributed by atoms with Crippen LogP contribution in [0.3, 0.4) is 0 Å². The van der Waals surface area contributed by atoms with Gasteiger partial charge in [0.15, 0.2) is 5.92 Å². The van der Waals surface area contributed by atoms with Gasteiger partial charge in [0, 0.05) is 0 Å². The van der Waals surface area contributed by atoms with Crippen molar-refractivity contribution in [2.24, 2.45) is 5.92 Å². The monoisotopic (exact) mass is 307 g/mol. The van der Waals surface area contributed by atoms with E-state index >= 15 is 0 Å². The van der Waals surface area contributed by atoms with Gasteiger partial charge in [0.2, 0.25) is 0 Å². The Kier molecular flexibility index (Phi) is 7.05. The first-order chi connectivity index (χ1) is 10.4. The van der Waals surface area contributed by atoms with E-state index in [4.69, 9.17) is 9.47 Å². The Hall–Kier alpha value is -1.88. The third kappa shape index (κ3) is 4.56. The van der Waals surface area contributed by atoms with Crippen molar-refractivity contribution in [2.75, 3.05) is 27.3 Å². The number of ether oxygens (including phenoxy) is 2. The number of benzene rings is 1. The van der Waals surface area contributed by atoms with Crippen molar-refractivity contribution < 1.29 is 19.1 Å². The standard InChI is InChI=1S/C17H25NO4/c1-6-21-16(19)14(17(20)22-7-2)15(18(4)5)13-10-8-9-12(3)11-13/h8-11,14-15H,6-7H2,1-5H3/t15-/m1/s1. The maximum absolute atomic E-state index is 12.3. The molecule has 0 aromatic heterocycles. The maximum atomic E-state index is 12.3. The predicted molar refractivity (Wildman–Crippen MR) is 84.4 cm³/mol. The van der Waals surface area contributed by atoms with Gasteiger partial charge in [-0.15, -0.1) is 0 Å². The molecule has 1 atom stereocenters. The fourth-order valence-electron chi connectivity index (χ4n) is 2.46. The van der Waals surface area contributed by atoms with Gasteiger partial charge in [0.1, 0.15) is 0 Å². The van der Waals surface area contributed by atoms with Gasteiger partial charge in [-0.25, -0.2) is 0 Å². The van der Waals surface area contributed by atoms with Gasteiger partial charge in [0.05, 0.1) is 19.3 Å². The summed E-state index contributed by atoms with van der Waals surface area (Å²) in [5.41, 5.74) is 1.95. The fraction of sp³-hybridized carbons (Fsp3) is 0.529. The molecule has 5 nitrogen and oxygen atoms in total. The first-order valence-corrected chi connectivity index (χ1v) is 7.48. The smallest absolute Gasteiger partial charge is 0.322 e. The Bertz CT molecular complexity index is 495. The molecule has 0 aliphatic heterocycles. The molecule has 0 amide bonds. The number of aryl methyl sites for hydroxylation is 1. The second-order valence-corrected chi connectivity index (χ2v) is 5.30. The molecule has 0 heterocycles. The van der Waals surface area contributed by atoms with Crippen LogP contribution in [0.2, 0.25) is 0 Å². The molecule has 122 valence electrons. The van der Waals surface area contributed by atoms with Crippen LogP contribution in [-0.4, -0.2) is 44.1 Å². The normalized spacial score (nSPS) is 12.3. The topological polar surface area (TPSA) is 55.8 Å². The lowest BCUT2D eigenvalue weighted by Crippen LogP contribution is -2.39. The van der Waals surface area contributed by atoms with E-state index in [1.165, 1.54) is 0 Å². The van der Waals surface area contributed by atoms with Gasteiger partial charge < -0.3 is 14.4 Å². The number of esters is 2. The van der Waals surface area contributed by atoms with Crippen LogP contribution in [0.5, 0.6) is 0 Å². The highest BCUT2D eigenvalue weighted by Crippen LogP contribution is 2.29. The molecule has 0 bridgehead atoms. The van der Waals surface area contributed by atoms with Crippen LogP contribution in [-0.2, 0) is 19.1 Å². The molecule has 0 saturated heterocycles. The summed E-state index contributed by atoms with van der Waals surface area (Å²) in [6, 6.07) is 7.33. The SMILES string of the molecule is CCOC(=O)C(C(=O)OCC)[C@@H](c1cccc(C)c1)N(C)C. The highest BCUT2D eigenvalue weighted by atomic mass is 16.6. The third-order valence-corrected chi connectivity index (χ3v) is 3.34. The Balaban J connectivity index is 3.25. The molecule has 0 aliphatic rings. The van der Waals surface area contributed by atoms with Crippen LogP contribution in [0.1, 0.15) is 31.0 Å². The molecule has 22 heavy (non-hydrogen) atoms. The second-order valence-electron chi connectivity index (χ2n) is 5.30. The lowest BCUT2D eigenvalue weighted by Gasteiger charge is -2.30. The predicted octanol–water partition coefficient (Wildman–Crippen LogP) is 2.34. The zero-order chi connectivity index (χ0) is 16.7. The zero-order valence-corrected chi connectivity index (χ0v) is 14.0. The summed E-state index contributed by atoms with van der Waals surface area (Å²) in [6.07, 6.45) is 0. The second kappa shape index (κ2) is 8.54. The summed E-state index contributed by atoms with van der Waals surface area (Å²) in [7, 11) is 3.66. The quantitative estimate of drug-likeness (QED) is 0.571. The maximum Gasteiger partial charge on any atom is 0.322 e. The average Bonchev–Trinajstić information content (AvgIpc) is 2.44. The van der Waals surface area contributed by atoms with Crippen LogP contribution in [0.4, 0.5) is 0 Å². The molecule has 0 radical (unpaired) electrons. The molecule has 0 unspecified atom stereocenters. The Labute approximate surface area is 132 Å². The molecule has 1 aromatic rings. The van der Waals surface area contributed by atoms with Crippen molar-refractivity contribution in [3.63, 3.8) is 0 Å². The van der Waals surface area contributed by atoms with Gasteiger partial charge in [-0.05, 0) is 40.4 Å². The molecule has 1 aromatic carbocycles. The van der Waals surface area contributed by atoms with E-state index in [1.807, 2.05) is 50.2 Å². The number of carbonyl (C=O) groups is 2. The Morgan fingerprint density at radius 2 is 1.64 bits per heavy atom. The molecular formula is C17H25NO4. The van der Waals surface area contributed by atoms with E-state index in [-0.39, 0.29) is 13.2 Å². The molecular weight excluding hydrogens is 282 g/mol. The highest BCUT2D eigenvalue weighted by Gasteiger charge is 2.39. The van der Waals surface area contributed by atoms with E-state index in [0.717, 1.165) is 11.1 Å². The van der Waals surface area contributed by atoms with Gasteiger partial charge in [-0.2, -0.15) is 0 Å². The summed E-state index contributed by atoms with van der Waals surface area (Å²) in [5.74, 6) is -2.11. The molecule has 5 heteroatoms. The highest BCUT2D eigenvalue weighted by molar-refractivity contribution is 5.96. The van der Waals surface area contributed by atoms with Crippen LogP contribution >= 0.6 is 0 Å². The molecule has 0 aliphatic carbocycles. The summed E-state index contributed by atoms with van der Waals surface area (Å²) in [5, 5.41) is 0. The lowest BCUT2D eigenvalue weighted by atomic mass is 9.91. The minimum atomic E-state index is -1.00. The van der Waals surface area contributed by atoms with Gasteiger partial charge in [0.25, 0.3) is 0 Å². The first kappa shape index (κ1) is 18.2. The minimum Gasteiger partial charge on any atom is -0.465 e. The van der Waals surface area contributed by atoms with Crippen molar-refractivity contribution in [3.05, 3.63) is 35.4 Å². The summed E-state index contributed by atoms with van der Waals surface area (Å²) in [4.78, 5) is 26.5. The van der Waals surface area contributed by atoms with E-state index < -0.39 is 23.9 Å². The van der Waals surface area contributed by atoms with E-state index in [1.54, 1.807) is 13.8 Å². The van der Waals surface area contributed by atoms with Crippen LogP contribution in [0.15, 0.2) is 24.3 Å². The van der Waals surface area contributed by atoms with Crippen molar-refractivity contribution in [2.45, 2.75) is 26.8 Å². The van der Waals surface area contributed by atoms with E-state index in [0.29, 0.717) is 0 Å². The molecule has 0 spiro atoms. The number of hydrogen-bond acceptors (Lipinski definition) is 5. The third-order valence-electron chi connectivity index (χ3n) is 3.34. The zero-order valence-electron chi connectivity index (χ0n) is 14.0. The van der Waals surface area contributed by atoms with Gasteiger partial charge >= 0.3 is 11.9 Å². The number of nitrogens with zero attached hydrogens (tertiary/aromatic N) is 1. The largest absolute Gasteiger partial charge is 0.465 e. The van der Waals surface area contributed by atoms with Crippen molar-refractivity contribution >= 4 is 11.9 Å². The molecule has 0 saturated carbocycles. The van der Waals surface area contributed by atoms with Crippen molar-refractivity contribution in [1.29, 1.82) is 0 Å². The summed E-state index contributed by atoms with van der Waals surface area (Å²) < 4.78 is 10.2. The minimum absolute atomic E-state index is 0.225.